The molecule has 2 heteroatoms. The van der Waals surface area contributed by atoms with Crippen LogP contribution in [0.3, 0.4) is 0 Å². The maximum Gasteiger partial charge on any atom is 0.178 e. The number of hydrogen-bond acceptors (Lipinski definition) is 2. The van der Waals surface area contributed by atoms with Crippen molar-refractivity contribution in [3.63, 3.8) is 0 Å². The maximum atomic E-state index is 5.17. The number of allylic oxidation sites excluding steroid dienone is 1. The summed E-state index contributed by atoms with van der Waals surface area (Å²) < 4.78 is 10.1. The van der Waals surface area contributed by atoms with E-state index in [0.29, 0.717) is 6.61 Å². The molecule has 0 aliphatic carbocycles. The third-order valence-electron chi connectivity index (χ3n) is 1.32. The van der Waals surface area contributed by atoms with E-state index >= 15 is 0 Å². The fourth-order valence-corrected chi connectivity index (χ4v) is 0.820. The third-order valence-corrected chi connectivity index (χ3v) is 1.32. The summed E-state index contributed by atoms with van der Waals surface area (Å²) in [5.74, 6) is 1.11. The van der Waals surface area contributed by atoms with E-state index in [1.165, 1.54) is 5.57 Å². The van der Waals surface area contributed by atoms with Crippen molar-refractivity contribution in [1.29, 1.82) is 0 Å². The first-order chi connectivity index (χ1) is 4.25. The first-order valence-corrected chi connectivity index (χ1v) is 3.08. The zero-order valence-electron chi connectivity index (χ0n) is 6.10. The van der Waals surface area contributed by atoms with Gasteiger partial charge in [-0.2, -0.15) is 0 Å². The molecule has 9 heavy (non-hydrogen) atoms. The molecule has 0 aromatic carbocycles. The Morgan fingerprint density at radius 2 is 2.33 bits per heavy atom. The van der Waals surface area contributed by atoms with E-state index in [-0.39, 0.29) is 6.10 Å². The quantitative estimate of drug-likeness (QED) is 0.523. The summed E-state index contributed by atoms with van der Waals surface area (Å²) in [6.45, 7) is 4.79. The Morgan fingerprint density at radius 1 is 1.67 bits per heavy atom. The fraction of sp³-hybridized carbons (Fsp3) is 0.714. The highest BCUT2D eigenvalue weighted by Crippen LogP contribution is 2.29. The number of epoxide rings is 1. The summed E-state index contributed by atoms with van der Waals surface area (Å²) in [5, 5.41) is 0. The van der Waals surface area contributed by atoms with Crippen LogP contribution >= 0.6 is 0 Å². The zero-order valence-corrected chi connectivity index (χ0v) is 6.10. The molecule has 1 aliphatic heterocycles. The minimum Gasteiger partial charge on any atom is -0.480 e. The van der Waals surface area contributed by atoms with E-state index in [1.54, 1.807) is 7.11 Å². The highest BCUT2D eigenvalue weighted by Gasteiger charge is 2.33. The van der Waals surface area contributed by atoms with Crippen LogP contribution < -0.4 is 0 Å². The van der Waals surface area contributed by atoms with Crippen LogP contribution in [0.4, 0.5) is 0 Å². The second-order valence-corrected chi connectivity index (χ2v) is 2.43. The van der Waals surface area contributed by atoms with Gasteiger partial charge in [-0.15, -0.1) is 0 Å². The Balaban J connectivity index is 2.32. The smallest absolute Gasteiger partial charge is 0.178 e. The predicted molar refractivity (Wildman–Crippen MR) is 35.1 cm³/mol. The molecular formula is C7H12O2. The summed E-state index contributed by atoms with van der Waals surface area (Å²) in [6, 6.07) is 0. The number of rotatable bonds is 2. The van der Waals surface area contributed by atoms with Gasteiger partial charge in [0.2, 0.25) is 0 Å². The van der Waals surface area contributed by atoms with Gasteiger partial charge in [0.15, 0.2) is 6.10 Å². The van der Waals surface area contributed by atoms with Crippen molar-refractivity contribution in [3.8, 4) is 0 Å². The molecule has 1 rings (SSSR count). The van der Waals surface area contributed by atoms with E-state index < -0.39 is 0 Å². The molecule has 1 atom stereocenters. The molecule has 0 N–H and O–H groups in total. The molecule has 0 aromatic rings. The van der Waals surface area contributed by atoms with Crippen LogP contribution in [0.5, 0.6) is 0 Å². The minimum atomic E-state index is 0.264. The standard InChI is InChI=1S/C7H12O2/c1-5(2)7-6(9-7)4-8-3/h6H,4H2,1-3H3. The average Bonchev–Trinajstić information content (AvgIpc) is 2.47. The summed E-state index contributed by atoms with van der Waals surface area (Å²) in [7, 11) is 1.68. The van der Waals surface area contributed by atoms with Crippen molar-refractivity contribution < 1.29 is 9.47 Å². The Bertz CT molecular complexity index is 134. The third kappa shape index (κ3) is 1.45. The van der Waals surface area contributed by atoms with Gasteiger partial charge in [0.25, 0.3) is 0 Å². The average molecular weight is 128 g/mol. The molecule has 0 amide bonds. The summed E-state index contributed by atoms with van der Waals surface area (Å²) in [4.78, 5) is 0. The Labute approximate surface area is 55.5 Å². The van der Waals surface area contributed by atoms with Gasteiger partial charge in [-0.1, -0.05) is 0 Å². The van der Waals surface area contributed by atoms with Crippen molar-refractivity contribution in [3.05, 3.63) is 11.3 Å². The van der Waals surface area contributed by atoms with Gasteiger partial charge in [0.1, 0.15) is 5.76 Å². The van der Waals surface area contributed by atoms with Gasteiger partial charge >= 0.3 is 0 Å². The lowest BCUT2D eigenvalue weighted by Gasteiger charge is -1.84. The Hall–Kier alpha value is -0.500. The molecule has 1 fully saturated rings. The van der Waals surface area contributed by atoms with E-state index in [1.807, 2.05) is 13.8 Å². The number of methoxy groups -OCH3 is 1. The second-order valence-electron chi connectivity index (χ2n) is 2.43. The van der Waals surface area contributed by atoms with Crippen molar-refractivity contribution in [1.82, 2.24) is 0 Å². The number of ether oxygens (including phenoxy) is 2. The Morgan fingerprint density at radius 3 is 2.67 bits per heavy atom. The molecule has 1 unspecified atom stereocenters. The van der Waals surface area contributed by atoms with Crippen LogP contribution in [0.1, 0.15) is 13.8 Å². The van der Waals surface area contributed by atoms with E-state index in [4.69, 9.17) is 9.47 Å². The molecule has 52 valence electrons. The van der Waals surface area contributed by atoms with Crippen molar-refractivity contribution in [2.24, 2.45) is 0 Å². The lowest BCUT2D eigenvalue weighted by atomic mass is 10.3. The first-order valence-electron chi connectivity index (χ1n) is 3.08. The van der Waals surface area contributed by atoms with E-state index in [2.05, 4.69) is 0 Å². The molecule has 2 nitrogen and oxygen atoms in total. The lowest BCUT2D eigenvalue weighted by molar-refractivity contribution is 0.171. The summed E-state index contributed by atoms with van der Waals surface area (Å²) in [5.41, 5.74) is 1.26. The van der Waals surface area contributed by atoms with Gasteiger partial charge in [0.05, 0.1) is 6.61 Å². The molecule has 0 bridgehead atoms. The van der Waals surface area contributed by atoms with Crippen LogP contribution in [-0.4, -0.2) is 19.8 Å². The van der Waals surface area contributed by atoms with Crippen LogP contribution in [0.25, 0.3) is 0 Å². The lowest BCUT2D eigenvalue weighted by Crippen LogP contribution is -1.95. The molecule has 1 heterocycles. The van der Waals surface area contributed by atoms with Crippen LogP contribution in [-0.2, 0) is 9.47 Å². The molecule has 0 aromatic heterocycles. The summed E-state index contributed by atoms with van der Waals surface area (Å²) in [6.07, 6.45) is 0.264. The zero-order chi connectivity index (χ0) is 6.85. The van der Waals surface area contributed by atoms with Crippen molar-refractivity contribution in [2.75, 3.05) is 13.7 Å². The van der Waals surface area contributed by atoms with Gasteiger partial charge in [-0.3, -0.25) is 0 Å². The van der Waals surface area contributed by atoms with Crippen molar-refractivity contribution >= 4 is 0 Å². The van der Waals surface area contributed by atoms with Gasteiger partial charge in [0, 0.05) is 7.11 Å². The maximum absolute atomic E-state index is 5.17. The predicted octanol–water partition coefficient (Wildman–Crippen LogP) is 1.33. The van der Waals surface area contributed by atoms with Gasteiger partial charge in [-0.25, -0.2) is 0 Å². The van der Waals surface area contributed by atoms with E-state index in [0.717, 1.165) is 5.76 Å². The SMILES string of the molecule is COCC1OC1=C(C)C. The second kappa shape index (κ2) is 2.40. The molecule has 1 saturated heterocycles. The van der Waals surface area contributed by atoms with Gasteiger partial charge < -0.3 is 9.47 Å². The highest BCUT2D eigenvalue weighted by molar-refractivity contribution is 5.19. The monoisotopic (exact) mass is 128 g/mol. The largest absolute Gasteiger partial charge is 0.480 e. The minimum absolute atomic E-state index is 0.264. The molecule has 0 spiro atoms. The Kier molecular flexibility index (Phi) is 1.76. The fourth-order valence-electron chi connectivity index (χ4n) is 0.820. The van der Waals surface area contributed by atoms with Gasteiger partial charge in [-0.05, 0) is 19.4 Å². The van der Waals surface area contributed by atoms with Crippen LogP contribution in [0.2, 0.25) is 0 Å². The first kappa shape index (κ1) is 6.62. The molecule has 0 saturated carbocycles. The molecule has 1 aliphatic rings. The normalized spacial score (nSPS) is 23.4. The summed E-state index contributed by atoms with van der Waals surface area (Å²) >= 11 is 0. The van der Waals surface area contributed by atoms with Crippen LogP contribution in [0.15, 0.2) is 11.3 Å². The van der Waals surface area contributed by atoms with E-state index in [9.17, 15) is 0 Å². The molecular weight excluding hydrogens is 116 g/mol. The molecule has 0 radical (unpaired) electrons. The number of hydrogen-bond donors (Lipinski definition) is 0. The van der Waals surface area contributed by atoms with Crippen LogP contribution in [0, 0.1) is 0 Å². The topological polar surface area (TPSA) is 21.8 Å². The highest BCUT2D eigenvalue weighted by atomic mass is 16.6. The van der Waals surface area contributed by atoms with Crippen molar-refractivity contribution in [2.45, 2.75) is 20.0 Å².